The van der Waals surface area contributed by atoms with Gasteiger partial charge in [0, 0.05) is 11.1 Å². The lowest BCUT2D eigenvalue weighted by atomic mass is 9.86. The highest BCUT2D eigenvalue weighted by Crippen LogP contribution is 2.30. The van der Waals surface area contributed by atoms with E-state index in [1.165, 1.54) is 12.8 Å². The average Bonchev–Trinajstić information content (AvgIpc) is 3.17. The molecule has 2 aromatic rings. The van der Waals surface area contributed by atoms with Crippen molar-refractivity contribution in [2.24, 2.45) is 0 Å². The summed E-state index contributed by atoms with van der Waals surface area (Å²) in [7, 11) is 0. The van der Waals surface area contributed by atoms with Crippen molar-refractivity contribution in [1.82, 2.24) is 4.90 Å². The smallest absolute Gasteiger partial charge is 0.176 e. The molecule has 0 aliphatic carbocycles. The highest BCUT2D eigenvalue weighted by Gasteiger charge is 2.32. The molecule has 0 spiro atoms. The molecule has 0 aromatic heterocycles. The Morgan fingerprint density at radius 2 is 1.24 bits per heavy atom. The topological polar surface area (TPSA) is 23.5 Å². The van der Waals surface area contributed by atoms with E-state index >= 15 is 0 Å². The number of halogens is 1. The highest BCUT2D eigenvalue weighted by molar-refractivity contribution is 5.45. The molecular weight excluding hydrogens is 330 g/mol. The van der Waals surface area contributed by atoms with Crippen molar-refractivity contribution < 1.29 is 17.5 Å². The van der Waals surface area contributed by atoms with Gasteiger partial charge in [0.25, 0.3) is 0 Å². The first-order chi connectivity index (χ1) is 11.5. The van der Waals surface area contributed by atoms with Crippen LogP contribution in [-0.2, 0) is 5.60 Å². The van der Waals surface area contributed by atoms with Crippen LogP contribution in [0.15, 0.2) is 60.7 Å². The molecule has 0 unspecified atom stereocenters. The van der Waals surface area contributed by atoms with E-state index in [4.69, 9.17) is 0 Å². The monoisotopic (exact) mass is 354 g/mol. The molecule has 1 saturated heterocycles. The van der Waals surface area contributed by atoms with Crippen molar-refractivity contribution in [1.29, 1.82) is 0 Å². The Kier molecular flexibility index (Phi) is 6.30. The summed E-state index contributed by atoms with van der Waals surface area (Å²) in [6.07, 6.45) is 2.46. The van der Waals surface area contributed by atoms with E-state index in [-0.39, 0.29) is 17.9 Å². The summed E-state index contributed by atoms with van der Waals surface area (Å²) < 4.78 is 0. The van der Waals surface area contributed by atoms with E-state index in [9.17, 15) is 5.11 Å². The summed E-state index contributed by atoms with van der Waals surface area (Å²) in [5.74, 6) is 6.57. The molecule has 1 heterocycles. The number of rotatable bonds is 3. The van der Waals surface area contributed by atoms with Gasteiger partial charge in [-0.2, -0.15) is 0 Å². The third-order valence-corrected chi connectivity index (χ3v) is 4.83. The van der Waals surface area contributed by atoms with Crippen LogP contribution in [0.25, 0.3) is 0 Å². The Morgan fingerprint density at radius 1 is 0.800 bits per heavy atom. The summed E-state index contributed by atoms with van der Waals surface area (Å²) >= 11 is 0. The lowest BCUT2D eigenvalue weighted by molar-refractivity contribution is -0.00000763. The van der Waals surface area contributed by atoms with Crippen molar-refractivity contribution in [3.63, 3.8) is 0 Å². The van der Waals surface area contributed by atoms with Crippen LogP contribution in [0.1, 0.15) is 37.8 Å². The first-order valence-electron chi connectivity index (χ1n) is 8.65. The van der Waals surface area contributed by atoms with Gasteiger partial charge in [-0.05, 0) is 39.8 Å². The Hall–Kier alpha value is -1.79. The number of nitrogens with zero attached hydrogens (tertiary/aromatic N) is 1. The zero-order valence-electron chi connectivity index (χ0n) is 14.9. The minimum atomic E-state index is -1.29. The largest absolute Gasteiger partial charge is 1.00 e. The summed E-state index contributed by atoms with van der Waals surface area (Å²) in [6, 6.07) is 19.4. The number of benzene rings is 2. The molecule has 1 aliphatic rings. The van der Waals surface area contributed by atoms with Crippen LogP contribution in [0, 0.1) is 11.8 Å². The maximum atomic E-state index is 11.5. The normalized spacial score (nSPS) is 15.2. The molecule has 0 bridgehead atoms. The van der Waals surface area contributed by atoms with Crippen molar-refractivity contribution in [2.45, 2.75) is 37.8 Å². The molecule has 1 N–H and O–H groups in total. The van der Waals surface area contributed by atoms with Gasteiger partial charge in [-0.1, -0.05) is 72.5 Å². The lowest BCUT2D eigenvalue weighted by Gasteiger charge is -2.31. The van der Waals surface area contributed by atoms with Crippen LogP contribution in [0.4, 0.5) is 0 Å². The Bertz CT molecular complexity index is 685. The second kappa shape index (κ2) is 8.06. The summed E-state index contributed by atoms with van der Waals surface area (Å²) in [5, 5.41) is 11.5. The van der Waals surface area contributed by atoms with Gasteiger partial charge in [0.2, 0.25) is 0 Å². The molecule has 1 aliphatic heterocycles. The standard InChI is InChI=1S/C22H25NO.ClH/c1-21(2,23-17-9-10-18-23)15-16-22(24,19-11-5-3-6-12-19)20-13-7-4-8-14-20;/h3-8,11-14,24H,9-10,17-18H2,1-2H3;1H/p-1. The molecule has 0 atom stereocenters. The fraction of sp³-hybridized carbons (Fsp3) is 0.364. The molecule has 0 saturated carbocycles. The van der Waals surface area contributed by atoms with Crippen LogP contribution in [0.2, 0.25) is 0 Å². The SMILES string of the molecule is CC(C)(C#CC(O)(c1ccccc1)c1ccccc1)N1CCCC1.[Cl-]. The molecule has 3 rings (SSSR count). The molecule has 3 heteroatoms. The Balaban J connectivity index is 0.00000225. The number of likely N-dealkylation sites (tertiary alicyclic amines) is 1. The molecule has 1 fully saturated rings. The predicted octanol–water partition coefficient (Wildman–Crippen LogP) is 0.804. The molecule has 0 amide bonds. The Labute approximate surface area is 157 Å². The zero-order chi connectivity index (χ0) is 17.0. The predicted molar refractivity (Wildman–Crippen MR) is 98.5 cm³/mol. The second-order valence-electron chi connectivity index (χ2n) is 6.95. The highest BCUT2D eigenvalue weighted by atomic mass is 35.5. The number of hydrogen-bond acceptors (Lipinski definition) is 2. The lowest BCUT2D eigenvalue weighted by Crippen LogP contribution is -3.00. The van der Waals surface area contributed by atoms with Gasteiger partial charge in [-0.15, -0.1) is 0 Å². The van der Waals surface area contributed by atoms with Gasteiger partial charge < -0.3 is 17.5 Å². The summed E-state index contributed by atoms with van der Waals surface area (Å²) in [6.45, 7) is 6.44. The molecule has 132 valence electrons. The minimum Gasteiger partial charge on any atom is -1.00 e. The van der Waals surface area contributed by atoms with Crippen LogP contribution >= 0.6 is 0 Å². The van der Waals surface area contributed by atoms with E-state index in [0.717, 1.165) is 24.2 Å². The minimum absolute atomic E-state index is 0. The summed E-state index contributed by atoms with van der Waals surface area (Å²) in [4.78, 5) is 2.40. The third kappa shape index (κ3) is 4.25. The number of hydrogen-bond donors (Lipinski definition) is 1. The maximum Gasteiger partial charge on any atom is 0.176 e. The first kappa shape index (κ1) is 19.5. The van der Waals surface area contributed by atoms with Crippen LogP contribution in [0.5, 0.6) is 0 Å². The van der Waals surface area contributed by atoms with Gasteiger partial charge >= 0.3 is 0 Å². The van der Waals surface area contributed by atoms with Crippen molar-refractivity contribution >= 4 is 0 Å². The van der Waals surface area contributed by atoms with Gasteiger partial charge in [-0.3, -0.25) is 4.90 Å². The van der Waals surface area contributed by atoms with E-state index in [2.05, 4.69) is 30.6 Å². The Morgan fingerprint density at radius 3 is 1.68 bits per heavy atom. The quantitative estimate of drug-likeness (QED) is 0.824. The van der Waals surface area contributed by atoms with Crippen LogP contribution < -0.4 is 12.4 Å². The van der Waals surface area contributed by atoms with Crippen molar-refractivity contribution in [2.75, 3.05) is 13.1 Å². The molecular formula is C22H25ClNO-. The van der Waals surface area contributed by atoms with Crippen molar-refractivity contribution in [3.8, 4) is 11.8 Å². The van der Waals surface area contributed by atoms with E-state index in [1.807, 2.05) is 60.7 Å². The van der Waals surface area contributed by atoms with E-state index < -0.39 is 5.60 Å². The van der Waals surface area contributed by atoms with Crippen molar-refractivity contribution in [3.05, 3.63) is 71.8 Å². The molecule has 0 radical (unpaired) electrons. The van der Waals surface area contributed by atoms with Gasteiger partial charge in [-0.25, -0.2) is 0 Å². The first-order valence-corrected chi connectivity index (χ1v) is 8.65. The molecule has 2 aromatic carbocycles. The van der Waals surface area contributed by atoms with E-state index in [1.54, 1.807) is 0 Å². The molecule has 2 nitrogen and oxygen atoms in total. The fourth-order valence-electron chi connectivity index (χ4n) is 3.27. The zero-order valence-corrected chi connectivity index (χ0v) is 15.6. The van der Waals surface area contributed by atoms with Crippen LogP contribution in [-0.4, -0.2) is 28.6 Å². The molecule has 25 heavy (non-hydrogen) atoms. The van der Waals surface area contributed by atoms with Crippen LogP contribution in [0.3, 0.4) is 0 Å². The maximum absolute atomic E-state index is 11.5. The number of aliphatic hydroxyl groups is 1. The fourth-order valence-corrected chi connectivity index (χ4v) is 3.27. The summed E-state index contributed by atoms with van der Waals surface area (Å²) in [5.41, 5.74) is 0.0786. The van der Waals surface area contributed by atoms with E-state index in [0.29, 0.717) is 0 Å². The average molecular weight is 355 g/mol. The van der Waals surface area contributed by atoms with Gasteiger partial charge in [0.1, 0.15) is 0 Å². The van der Waals surface area contributed by atoms with Gasteiger partial charge in [0.05, 0.1) is 5.54 Å². The second-order valence-corrected chi connectivity index (χ2v) is 6.95. The van der Waals surface area contributed by atoms with Gasteiger partial charge in [0.15, 0.2) is 5.60 Å². The third-order valence-electron chi connectivity index (χ3n) is 4.83.